The Kier molecular flexibility index (Phi) is 5.22. The van der Waals surface area contributed by atoms with Crippen LogP contribution >= 0.6 is 12.2 Å². The van der Waals surface area contributed by atoms with Gasteiger partial charge >= 0.3 is 0 Å². The van der Waals surface area contributed by atoms with E-state index in [1.54, 1.807) is 13.0 Å². The van der Waals surface area contributed by atoms with Crippen molar-refractivity contribution in [3.63, 3.8) is 0 Å². The number of benzene rings is 1. The van der Waals surface area contributed by atoms with Crippen LogP contribution in [0.1, 0.15) is 31.7 Å². The molecule has 0 spiro atoms. The van der Waals surface area contributed by atoms with Crippen LogP contribution in [0.3, 0.4) is 0 Å². The molecule has 7 nitrogen and oxygen atoms in total. The number of amides is 3. The minimum absolute atomic E-state index is 0.0228. The van der Waals surface area contributed by atoms with E-state index in [9.17, 15) is 14.4 Å². The van der Waals surface area contributed by atoms with Gasteiger partial charge in [-0.05, 0) is 56.6 Å². The van der Waals surface area contributed by atoms with Gasteiger partial charge in [0, 0.05) is 18.2 Å². The molecular weight excluding hydrogens is 352 g/mol. The van der Waals surface area contributed by atoms with Gasteiger partial charge in [0.2, 0.25) is 11.8 Å². The van der Waals surface area contributed by atoms with Crippen molar-refractivity contribution in [2.75, 3.05) is 11.9 Å². The molecule has 1 aliphatic carbocycles. The van der Waals surface area contributed by atoms with E-state index in [-0.39, 0.29) is 35.2 Å². The molecule has 0 aromatic heterocycles. The SMILES string of the molecule is CCN1C(=O)C(CC(=O)Nc2cccc(C)c2)N(NC(=O)C2CC2)C1=S. The third-order valence-electron chi connectivity index (χ3n) is 4.48. The lowest BCUT2D eigenvalue weighted by Crippen LogP contribution is -2.50. The maximum absolute atomic E-state index is 12.6. The summed E-state index contributed by atoms with van der Waals surface area (Å²) >= 11 is 5.32. The number of carbonyl (C=O) groups is 3. The van der Waals surface area contributed by atoms with Gasteiger partial charge in [-0.1, -0.05) is 12.1 Å². The third-order valence-corrected chi connectivity index (χ3v) is 4.89. The Hall–Kier alpha value is -2.48. The topological polar surface area (TPSA) is 81.8 Å². The highest BCUT2D eigenvalue weighted by molar-refractivity contribution is 7.80. The summed E-state index contributed by atoms with van der Waals surface area (Å²) in [7, 11) is 0. The minimum atomic E-state index is -0.824. The summed E-state index contributed by atoms with van der Waals surface area (Å²) in [4.78, 5) is 38.6. The van der Waals surface area contributed by atoms with Crippen LogP contribution in [0.2, 0.25) is 0 Å². The highest BCUT2D eigenvalue weighted by Crippen LogP contribution is 2.29. The summed E-state index contributed by atoms with van der Waals surface area (Å²) in [6, 6.07) is 6.60. The molecular formula is C18H22N4O3S. The molecule has 2 N–H and O–H groups in total. The number of nitrogens with zero attached hydrogens (tertiary/aromatic N) is 2. The quantitative estimate of drug-likeness (QED) is 0.739. The van der Waals surface area contributed by atoms with Gasteiger partial charge in [0.1, 0.15) is 6.04 Å². The maximum atomic E-state index is 12.6. The van der Waals surface area contributed by atoms with Crippen molar-refractivity contribution in [3.05, 3.63) is 29.8 Å². The second-order valence-electron chi connectivity index (χ2n) is 6.62. The number of rotatable bonds is 6. The number of likely N-dealkylation sites (N-methyl/N-ethyl adjacent to an activating group) is 1. The maximum Gasteiger partial charge on any atom is 0.254 e. The minimum Gasteiger partial charge on any atom is -0.326 e. The van der Waals surface area contributed by atoms with Crippen molar-refractivity contribution >= 4 is 40.7 Å². The second-order valence-corrected chi connectivity index (χ2v) is 6.99. The normalized spacial score (nSPS) is 19.7. The molecule has 0 bridgehead atoms. The number of nitrogens with one attached hydrogen (secondary N) is 2. The summed E-state index contributed by atoms with van der Waals surface area (Å²) in [5, 5.41) is 4.40. The smallest absolute Gasteiger partial charge is 0.254 e. The molecule has 1 aromatic rings. The molecule has 1 heterocycles. The predicted octanol–water partition coefficient (Wildman–Crippen LogP) is 1.58. The molecule has 1 saturated heterocycles. The average molecular weight is 374 g/mol. The van der Waals surface area contributed by atoms with E-state index >= 15 is 0 Å². The molecule has 3 amide bonds. The summed E-state index contributed by atoms with van der Waals surface area (Å²) in [5.41, 5.74) is 4.42. The van der Waals surface area contributed by atoms with E-state index < -0.39 is 6.04 Å². The Morgan fingerprint density at radius 2 is 2.04 bits per heavy atom. The predicted molar refractivity (Wildman–Crippen MR) is 101 cm³/mol. The summed E-state index contributed by atoms with van der Waals surface area (Å²) in [6.07, 6.45) is 1.60. The van der Waals surface area contributed by atoms with E-state index in [1.807, 2.05) is 25.1 Å². The number of hydrazine groups is 1. The lowest BCUT2D eigenvalue weighted by molar-refractivity contribution is -0.133. The van der Waals surface area contributed by atoms with Crippen molar-refractivity contribution in [2.45, 2.75) is 39.2 Å². The Morgan fingerprint density at radius 3 is 2.65 bits per heavy atom. The number of carbonyl (C=O) groups excluding carboxylic acids is 3. The van der Waals surface area contributed by atoms with Crippen molar-refractivity contribution in [1.82, 2.24) is 15.3 Å². The molecule has 1 atom stereocenters. The lowest BCUT2D eigenvalue weighted by Gasteiger charge is -2.24. The zero-order chi connectivity index (χ0) is 18.8. The molecule has 138 valence electrons. The van der Waals surface area contributed by atoms with Crippen LogP contribution in [0, 0.1) is 12.8 Å². The fraction of sp³-hybridized carbons (Fsp3) is 0.444. The number of thiocarbonyl (C=S) groups is 1. The first-order chi connectivity index (χ1) is 12.4. The van der Waals surface area contributed by atoms with Crippen LogP contribution in [0.25, 0.3) is 0 Å². The fourth-order valence-corrected chi connectivity index (χ4v) is 3.30. The zero-order valence-corrected chi connectivity index (χ0v) is 15.6. The number of anilines is 1. The van der Waals surface area contributed by atoms with Gasteiger partial charge in [-0.3, -0.25) is 24.7 Å². The monoisotopic (exact) mass is 374 g/mol. The second kappa shape index (κ2) is 7.41. The van der Waals surface area contributed by atoms with Crippen LogP contribution < -0.4 is 10.7 Å². The Morgan fingerprint density at radius 1 is 1.31 bits per heavy atom. The van der Waals surface area contributed by atoms with Crippen LogP contribution in [0.5, 0.6) is 0 Å². The van der Waals surface area contributed by atoms with E-state index in [4.69, 9.17) is 12.2 Å². The van der Waals surface area contributed by atoms with Gasteiger partial charge in [0.05, 0.1) is 6.42 Å². The highest BCUT2D eigenvalue weighted by Gasteiger charge is 2.45. The molecule has 2 fully saturated rings. The fourth-order valence-electron chi connectivity index (χ4n) is 2.91. The van der Waals surface area contributed by atoms with Crippen LogP contribution in [0.4, 0.5) is 5.69 Å². The molecule has 3 rings (SSSR count). The van der Waals surface area contributed by atoms with Crippen molar-refractivity contribution < 1.29 is 14.4 Å². The van der Waals surface area contributed by atoms with Gasteiger partial charge in [-0.2, -0.15) is 0 Å². The molecule has 8 heteroatoms. The van der Waals surface area contributed by atoms with E-state index in [0.717, 1.165) is 18.4 Å². The van der Waals surface area contributed by atoms with Crippen molar-refractivity contribution in [3.8, 4) is 0 Å². The number of aryl methyl sites for hydroxylation is 1. The zero-order valence-electron chi connectivity index (χ0n) is 14.8. The molecule has 1 aliphatic heterocycles. The Bertz CT molecular complexity index is 763. The average Bonchev–Trinajstić information content (AvgIpc) is 3.40. The van der Waals surface area contributed by atoms with Gasteiger partial charge < -0.3 is 5.32 Å². The molecule has 2 aliphatic rings. The van der Waals surface area contributed by atoms with E-state index in [1.165, 1.54) is 9.91 Å². The Balaban J connectivity index is 1.71. The first-order valence-corrected chi connectivity index (χ1v) is 9.13. The Labute approximate surface area is 157 Å². The highest BCUT2D eigenvalue weighted by atomic mass is 32.1. The molecule has 26 heavy (non-hydrogen) atoms. The van der Waals surface area contributed by atoms with Crippen molar-refractivity contribution in [2.24, 2.45) is 5.92 Å². The standard InChI is InChI=1S/C18H22N4O3S/c1-3-21-17(25)14(22(18(21)26)20-16(24)12-7-8-12)10-15(23)19-13-6-4-5-11(2)9-13/h4-6,9,12,14H,3,7-8,10H2,1-2H3,(H,19,23)(H,20,24). The lowest BCUT2D eigenvalue weighted by atomic mass is 10.1. The number of hydrogen-bond donors (Lipinski definition) is 2. The van der Waals surface area contributed by atoms with Crippen LogP contribution in [-0.4, -0.2) is 45.3 Å². The molecule has 1 unspecified atom stereocenters. The van der Waals surface area contributed by atoms with Gasteiger partial charge in [-0.15, -0.1) is 0 Å². The summed E-state index contributed by atoms with van der Waals surface area (Å²) in [6.45, 7) is 4.13. The molecule has 1 saturated carbocycles. The first kappa shape index (κ1) is 18.3. The van der Waals surface area contributed by atoms with Crippen LogP contribution in [0.15, 0.2) is 24.3 Å². The summed E-state index contributed by atoms with van der Waals surface area (Å²) < 4.78 is 0. The van der Waals surface area contributed by atoms with Gasteiger partial charge in [0.25, 0.3) is 5.91 Å². The summed E-state index contributed by atoms with van der Waals surface area (Å²) in [5.74, 6) is -0.749. The van der Waals surface area contributed by atoms with Crippen LogP contribution in [-0.2, 0) is 14.4 Å². The van der Waals surface area contributed by atoms with Gasteiger partial charge in [-0.25, -0.2) is 5.01 Å². The van der Waals surface area contributed by atoms with Crippen molar-refractivity contribution in [1.29, 1.82) is 0 Å². The third kappa shape index (κ3) is 3.85. The van der Waals surface area contributed by atoms with E-state index in [2.05, 4.69) is 10.7 Å². The molecule has 1 aromatic carbocycles. The largest absolute Gasteiger partial charge is 0.326 e. The molecule has 0 radical (unpaired) electrons. The van der Waals surface area contributed by atoms with E-state index in [0.29, 0.717) is 12.2 Å². The first-order valence-electron chi connectivity index (χ1n) is 8.72. The van der Waals surface area contributed by atoms with Gasteiger partial charge in [0.15, 0.2) is 5.11 Å². The number of hydrogen-bond acceptors (Lipinski definition) is 4.